The number of carboxylic acids is 1. The van der Waals surface area contributed by atoms with Crippen molar-refractivity contribution in [2.24, 2.45) is 0 Å². The van der Waals surface area contributed by atoms with E-state index >= 15 is 0 Å². The Bertz CT molecular complexity index is 455. The lowest BCUT2D eigenvalue weighted by Gasteiger charge is -2.18. The first kappa shape index (κ1) is 12.6. The second-order valence-electron chi connectivity index (χ2n) is 4.44. The Hall–Kier alpha value is -1.82. The SMILES string of the molecule is CN1CCCN(Cc2occc2C(=O)O)CC1=O. The highest BCUT2D eigenvalue weighted by Crippen LogP contribution is 2.15. The normalized spacial score (nSPS) is 17.8. The predicted molar refractivity (Wildman–Crippen MR) is 63.2 cm³/mol. The predicted octanol–water partition coefficient (Wildman–Crippen LogP) is 0.642. The zero-order chi connectivity index (χ0) is 13.1. The fourth-order valence-electron chi connectivity index (χ4n) is 2.04. The zero-order valence-electron chi connectivity index (χ0n) is 10.3. The van der Waals surface area contributed by atoms with E-state index in [9.17, 15) is 9.59 Å². The number of nitrogens with zero attached hydrogens (tertiary/aromatic N) is 2. The number of aromatic carboxylic acids is 1. The van der Waals surface area contributed by atoms with Gasteiger partial charge in [-0.3, -0.25) is 9.69 Å². The van der Waals surface area contributed by atoms with Crippen molar-refractivity contribution in [3.05, 3.63) is 23.7 Å². The summed E-state index contributed by atoms with van der Waals surface area (Å²) in [5.41, 5.74) is 0.167. The molecule has 0 saturated carbocycles. The maximum absolute atomic E-state index is 11.7. The molecule has 2 rings (SSSR count). The maximum atomic E-state index is 11.7. The monoisotopic (exact) mass is 252 g/mol. The van der Waals surface area contributed by atoms with Crippen molar-refractivity contribution in [2.45, 2.75) is 13.0 Å². The van der Waals surface area contributed by atoms with Gasteiger partial charge in [-0.05, 0) is 12.5 Å². The van der Waals surface area contributed by atoms with Gasteiger partial charge in [0.1, 0.15) is 11.3 Å². The third-order valence-electron chi connectivity index (χ3n) is 3.10. The van der Waals surface area contributed by atoms with Gasteiger partial charge in [0.05, 0.1) is 19.4 Å². The molecule has 0 aliphatic carbocycles. The van der Waals surface area contributed by atoms with Crippen LogP contribution in [0.4, 0.5) is 0 Å². The van der Waals surface area contributed by atoms with Gasteiger partial charge in [-0.15, -0.1) is 0 Å². The summed E-state index contributed by atoms with van der Waals surface area (Å²) >= 11 is 0. The molecule has 6 nitrogen and oxygen atoms in total. The number of furan rings is 1. The molecule has 1 amide bonds. The lowest BCUT2D eigenvalue weighted by molar-refractivity contribution is -0.130. The van der Waals surface area contributed by atoms with Crippen LogP contribution in [-0.4, -0.2) is 53.5 Å². The summed E-state index contributed by atoms with van der Waals surface area (Å²) in [7, 11) is 1.78. The second-order valence-corrected chi connectivity index (χ2v) is 4.44. The Kier molecular flexibility index (Phi) is 3.66. The van der Waals surface area contributed by atoms with E-state index in [-0.39, 0.29) is 11.5 Å². The molecule has 0 spiro atoms. The highest BCUT2D eigenvalue weighted by Gasteiger charge is 2.22. The quantitative estimate of drug-likeness (QED) is 0.854. The molecule has 1 fully saturated rings. The van der Waals surface area contributed by atoms with Crippen molar-refractivity contribution in [2.75, 3.05) is 26.7 Å². The molecule has 0 radical (unpaired) electrons. The van der Waals surface area contributed by atoms with Crippen LogP contribution >= 0.6 is 0 Å². The smallest absolute Gasteiger partial charge is 0.339 e. The van der Waals surface area contributed by atoms with E-state index in [1.807, 2.05) is 4.90 Å². The topological polar surface area (TPSA) is 74.0 Å². The standard InChI is InChI=1S/C12H16N2O4/c1-13-4-2-5-14(8-11(13)15)7-10-9(12(16)17)3-6-18-10/h3,6H,2,4-5,7-8H2,1H3,(H,16,17). The molecule has 2 heterocycles. The Balaban J connectivity index is 2.06. The average molecular weight is 252 g/mol. The van der Waals surface area contributed by atoms with Crippen LogP contribution in [-0.2, 0) is 11.3 Å². The number of amides is 1. The molecular formula is C12H16N2O4. The molecule has 0 atom stereocenters. The van der Waals surface area contributed by atoms with Crippen LogP contribution in [0.5, 0.6) is 0 Å². The molecule has 1 aliphatic rings. The molecule has 1 aromatic rings. The van der Waals surface area contributed by atoms with Gasteiger partial charge in [0.2, 0.25) is 5.91 Å². The molecule has 1 saturated heterocycles. The Labute approximate surface area is 105 Å². The molecule has 1 N–H and O–H groups in total. The summed E-state index contributed by atoms with van der Waals surface area (Å²) in [5, 5.41) is 8.98. The highest BCUT2D eigenvalue weighted by atomic mass is 16.4. The number of carbonyl (C=O) groups is 2. The third-order valence-corrected chi connectivity index (χ3v) is 3.10. The first-order chi connectivity index (χ1) is 8.58. The molecule has 0 bridgehead atoms. The highest BCUT2D eigenvalue weighted by molar-refractivity contribution is 5.88. The van der Waals surface area contributed by atoms with Gasteiger partial charge >= 0.3 is 5.97 Å². The van der Waals surface area contributed by atoms with Crippen LogP contribution in [0.15, 0.2) is 16.7 Å². The van der Waals surface area contributed by atoms with Crippen molar-refractivity contribution in [1.29, 1.82) is 0 Å². The minimum absolute atomic E-state index is 0.0518. The third kappa shape index (κ3) is 2.70. The molecule has 1 aliphatic heterocycles. The van der Waals surface area contributed by atoms with E-state index in [2.05, 4.69) is 0 Å². The minimum atomic E-state index is -1.00. The minimum Gasteiger partial charge on any atom is -0.478 e. The number of carboxylic acid groups (broad SMARTS) is 1. The summed E-state index contributed by atoms with van der Waals surface area (Å²) in [5.74, 6) is -0.548. The van der Waals surface area contributed by atoms with Crippen molar-refractivity contribution in [3.63, 3.8) is 0 Å². The van der Waals surface area contributed by atoms with Gasteiger partial charge in [-0.1, -0.05) is 0 Å². The lowest BCUT2D eigenvalue weighted by atomic mass is 10.2. The van der Waals surface area contributed by atoms with E-state index in [4.69, 9.17) is 9.52 Å². The number of rotatable bonds is 3. The molecule has 98 valence electrons. The van der Waals surface area contributed by atoms with Crippen LogP contribution in [0.1, 0.15) is 22.5 Å². The summed E-state index contributed by atoms with van der Waals surface area (Å²) in [6.45, 7) is 2.15. The average Bonchev–Trinajstić information content (AvgIpc) is 2.70. The summed E-state index contributed by atoms with van der Waals surface area (Å²) in [6.07, 6.45) is 2.25. The first-order valence-corrected chi connectivity index (χ1v) is 5.84. The fourth-order valence-corrected chi connectivity index (χ4v) is 2.04. The number of hydrogen-bond acceptors (Lipinski definition) is 4. The Morgan fingerprint density at radius 2 is 2.28 bits per heavy atom. The van der Waals surface area contributed by atoms with Crippen LogP contribution in [0, 0.1) is 0 Å². The van der Waals surface area contributed by atoms with E-state index in [0.29, 0.717) is 18.8 Å². The van der Waals surface area contributed by atoms with E-state index in [0.717, 1.165) is 19.5 Å². The van der Waals surface area contributed by atoms with Gasteiger partial charge in [0, 0.05) is 20.1 Å². The summed E-state index contributed by atoms with van der Waals surface area (Å²) < 4.78 is 5.18. The number of likely N-dealkylation sites (N-methyl/N-ethyl adjacent to an activating group) is 1. The van der Waals surface area contributed by atoms with Gasteiger partial charge in [0.15, 0.2) is 0 Å². The second kappa shape index (κ2) is 5.22. The van der Waals surface area contributed by atoms with Crippen molar-refractivity contribution in [1.82, 2.24) is 9.80 Å². The van der Waals surface area contributed by atoms with Crippen molar-refractivity contribution in [3.8, 4) is 0 Å². The van der Waals surface area contributed by atoms with Crippen LogP contribution in [0.25, 0.3) is 0 Å². The van der Waals surface area contributed by atoms with Gasteiger partial charge < -0.3 is 14.4 Å². The van der Waals surface area contributed by atoms with Crippen molar-refractivity contribution >= 4 is 11.9 Å². The van der Waals surface area contributed by atoms with E-state index < -0.39 is 5.97 Å². The molecule has 1 aromatic heterocycles. The van der Waals surface area contributed by atoms with Crippen LogP contribution < -0.4 is 0 Å². The first-order valence-electron chi connectivity index (χ1n) is 5.84. The fraction of sp³-hybridized carbons (Fsp3) is 0.500. The van der Waals surface area contributed by atoms with Crippen LogP contribution in [0.2, 0.25) is 0 Å². The molecule has 0 unspecified atom stereocenters. The molecule has 18 heavy (non-hydrogen) atoms. The summed E-state index contributed by atoms with van der Waals surface area (Å²) in [4.78, 5) is 26.3. The van der Waals surface area contributed by atoms with Gasteiger partial charge in [-0.2, -0.15) is 0 Å². The lowest BCUT2D eigenvalue weighted by Crippen LogP contribution is -2.34. The van der Waals surface area contributed by atoms with Crippen LogP contribution in [0.3, 0.4) is 0 Å². The maximum Gasteiger partial charge on any atom is 0.339 e. The van der Waals surface area contributed by atoms with Gasteiger partial charge in [0.25, 0.3) is 0 Å². The Morgan fingerprint density at radius 3 is 3.00 bits per heavy atom. The molecule has 6 heteroatoms. The largest absolute Gasteiger partial charge is 0.478 e. The number of hydrogen-bond donors (Lipinski definition) is 1. The molecular weight excluding hydrogens is 236 g/mol. The van der Waals surface area contributed by atoms with E-state index in [1.165, 1.54) is 12.3 Å². The molecule has 0 aromatic carbocycles. The van der Waals surface area contributed by atoms with Crippen molar-refractivity contribution < 1.29 is 19.1 Å². The summed E-state index contributed by atoms with van der Waals surface area (Å²) in [6, 6.07) is 1.43. The van der Waals surface area contributed by atoms with Gasteiger partial charge in [-0.25, -0.2) is 4.79 Å². The number of carbonyl (C=O) groups excluding carboxylic acids is 1. The zero-order valence-corrected chi connectivity index (χ0v) is 10.3. The Morgan fingerprint density at radius 1 is 1.50 bits per heavy atom. The van der Waals surface area contributed by atoms with E-state index in [1.54, 1.807) is 11.9 Å².